The fourth-order valence-electron chi connectivity index (χ4n) is 6.40. The quantitative estimate of drug-likeness (QED) is 0.444. The van der Waals surface area contributed by atoms with E-state index in [1.165, 1.54) is 12.8 Å². The lowest BCUT2D eigenvalue weighted by Gasteiger charge is -2.54. The molecule has 0 saturated carbocycles. The van der Waals surface area contributed by atoms with Crippen LogP contribution in [0.15, 0.2) is 78.9 Å². The van der Waals surface area contributed by atoms with E-state index in [2.05, 4.69) is 22.3 Å². The molecule has 2 atom stereocenters. The van der Waals surface area contributed by atoms with Crippen molar-refractivity contribution in [1.82, 2.24) is 25.1 Å². The molecule has 224 valence electrons. The van der Waals surface area contributed by atoms with Gasteiger partial charge in [-0.15, -0.1) is 0 Å². The van der Waals surface area contributed by atoms with Crippen molar-refractivity contribution in [3.8, 4) is 5.75 Å². The lowest BCUT2D eigenvalue weighted by molar-refractivity contribution is -0.187. The normalized spacial score (nSPS) is 20.9. The van der Waals surface area contributed by atoms with Crippen LogP contribution in [-0.2, 0) is 29.1 Å². The number of likely N-dealkylation sites (N-methyl/N-ethyl adjacent to an activating group) is 1. The molecule has 10 heteroatoms. The molecule has 0 radical (unpaired) electrons. The highest BCUT2D eigenvalue weighted by molar-refractivity contribution is 5.91. The van der Waals surface area contributed by atoms with Crippen molar-refractivity contribution in [3.05, 3.63) is 95.6 Å². The summed E-state index contributed by atoms with van der Waals surface area (Å²) in [6.07, 6.45) is 1.95. The van der Waals surface area contributed by atoms with E-state index in [1.54, 1.807) is 51.1 Å². The third-order valence-electron chi connectivity index (χ3n) is 8.55. The third kappa shape index (κ3) is 6.15. The summed E-state index contributed by atoms with van der Waals surface area (Å²) in [6, 6.07) is 23.5. The van der Waals surface area contributed by atoms with Gasteiger partial charge in [0.05, 0.1) is 13.1 Å². The van der Waals surface area contributed by atoms with E-state index < -0.39 is 12.2 Å². The number of nitrogens with zero attached hydrogens (tertiary/aromatic N) is 5. The summed E-state index contributed by atoms with van der Waals surface area (Å²) in [5.74, 6) is -0.223. The molecule has 6 rings (SSSR count). The minimum atomic E-state index is -0.796. The Kier molecular flexibility index (Phi) is 8.20. The largest absolute Gasteiger partial charge is 0.508 e. The number of carbonyl (C=O) groups is 3. The zero-order chi connectivity index (χ0) is 29.9. The molecule has 3 aromatic carbocycles. The van der Waals surface area contributed by atoms with E-state index in [1.807, 2.05) is 42.5 Å². The molecule has 0 spiro atoms. The maximum Gasteiger partial charge on any atom is 0.334 e. The van der Waals surface area contributed by atoms with Gasteiger partial charge in [0.15, 0.2) is 0 Å². The monoisotopic (exact) mass is 582 g/mol. The maximum absolute atomic E-state index is 14.2. The number of rotatable bonds is 7. The number of nitrogens with one attached hydrogen (secondary N) is 1. The molecule has 10 nitrogen and oxygen atoms in total. The molecule has 3 aliphatic rings. The van der Waals surface area contributed by atoms with Crippen LogP contribution >= 0.6 is 0 Å². The van der Waals surface area contributed by atoms with E-state index >= 15 is 0 Å². The Balaban J connectivity index is 1.30. The standard InChI is InChI=1S/C33H38N6O4/c1-35-23-31(41)38-29(19-24-12-14-28(40)15-13-24)32(42)37(21-26-10-7-11-27(18-26)36-16-5-6-17-36)22-30(38)39(35)33(43)34-20-25-8-3-2-4-9-25/h2-4,7-15,18,29-30,40H,5-6,16-17,19-23H2,1H3,(H,34,43)/t29-,30?/m0/s1. The number of hydrogen-bond acceptors (Lipinski definition) is 6. The summed E-state index contributed by atoms with van der Waals surface area (Å²) < 4.78 is 0. The lowest BCUT2D eigenvalue weighted by atomic mass is 9.98. The van der Waals surface area contributed by atoms with Crippen LogP contribution in [0.5, 0.6) is 5.75 Å². The minimum Gasteiger partial charge on any atom is -0.508 e. The Labute approximate surface area is 252 Å². The van der Waals surface area contributed by atoms with E-state index in [9.17, 15) is 19.5 Å². The van der Waals surface area contributed by atoms with Crippen molar-refractivity contribution in [2.45, 2.75) is 44.6 Å². The first kappa shape index (κ1) is 28.5. The van der Waals surface area contributed by atoms with Gasteiger partial charge in [0.1, 0.15) is 18.0 Å². The Morgan fingerprint density at radius 2 is 1.63 bits per heavy atom. The van der Waals surface area contributed by atoms with Crippen LogP contribution < -0.4 is 10.2 Å². The number of phenols is 1. The molecular formula is C33H38N6O4. The molecule has 3 aliphatic heterocycles. The highest BCUT2D eigenvalue weighted by Crippen LogP contribution is 2.30. The van der Waals surface area contributed by atoms with Gasteiger partial charge in [-0.1, -0.05) is 54.6 Å². The second kappa shape index (κ2) is 12.3. The van der Waals surface area contributed by atoms with Crippen LogP contribution in [0, 0.1) is 0 Å². The van der Waals surface area contributed by atoms with Gasteiger partial charge in [-0.25, -0.2) is 14.8 Å². The average molecular weight is 583 g/mol. The molecule has 4 amide bonds. The number of piperazine rings is 1. The summed E-state index contributed by atoms with van der Waals surface area (Å²) in [7, 11) is 1.73. The molecule has 0 aliphatic carbocycles. The van der Waals surface area contributed by atoms with Crippen molar-refractivity contribution < 1.29 is 19.5 Å². The first-order valence-electron chi connectivity index (χ1n) is 14.9. The summed E-state index contributed by atoms with van der Waals surface area (Å²) >= 11 is 0. The molecule has 0 bridgehead atoms. The van der Waals surface area contributed by atoms with Crippen LogP contribution in [-0.4, -0.2) is 88.2 Å². The number of anilines is 1. The van der Waals surface area contributed by atoms with E-state index in [-0.39, 0.29) is 43.1 Å². The third-order valence-corrected chi connectivity index (χ3v) is 8.55. The number of urea groups is 1. The summed E-state index contributed by atoms with van der Waals surface area (Å²) in [5.41, 5.74) is 3.94. The van der Waals surface area contributed by atoms with Crippen LogP contribution in [0.2, 0.25) is 0 Å². The molecule has 3 fully saturated rings. The van der Waals surface area contributed by atoms with Crippen LogP contribution in [0.3, 0.4) is 0 Å². The smallest absolute Gasteiger partial charge is 0.334 e. The number of phenolic OH excluding ortho intramolecular Hbond substituents is 1. The number of aromatic hydroxyl groups is 1. The summed E-state index contributed by atoms with van der Waals surface area (Å²) in [6.45, 7) is 2.93. The van der Waals surface area contributed by atoms with Crippen molar-refractivity contribution >= 4 is 23.5 Å². The Hall–Kier alpha value is -4.57. The molecular weight excluding hydrogens is 544 g/mol. The molecule has 3 aromatic rings. The predicted octanol–water partition coefficient (Wildman–Crippen LogP) is 3.17. The van der Waals surface area contributed by atoms with Crippen LogP contribution in [0.1, 0.15) is 29.5 Å². The second-order valence-electron chi connectivity index (χ2n) is 11.6. The summed E-state index contributed by atoms with van der Waals surface area (Å²) in [4.78, 5) is 47.1. The molecule has 43 heavy (non-hydrogen) atoms. The minimum absolute atomic E-state index is 0.0213. The van der Waals surface area contributed by atoms with Crippen molar-refractivity contribution in [3.63, 3.8) is 0 Å². The van der Waals surface area contributed by atoms with Crippen molar-refractivity contribution in [2.75, 3.05) is 38.1 Å². The first-order chi connectivity index (χ1) is 20.9. The first-order valence-corrected chi connectivity index (χ1v) is 14.9. The summed E-state index contributed by atoms with van der Waals surface area (Å²) in [5, 5.41) is 16.0. The van der Waals surface area contributed by atoms with Crippen molar-refractivity contribution in [1.29, 1.82) is 0 Å². The van der Waals surface area contributed by atoms with E-state index in [0.29, 0.717) is 13.1 Å². The second-order valence-corrected chi connectivity index (χ2v) is 11.6. The number of carbonyl (C=O) groups excluding carboxylic acids is 3. The van der Waals surface area contributed by atoms with Gasteiger partial charge < -0.3 is 25.1 Å². The van der Waals surface area contributed by atoms with Gasteiger partial charge in [-0.3, -0.25) is 9.59 Å². The number of fused-ring (bicyclic) bond motifs is 1. The highest BCUT2D eigenvalue weighted by atomic mass is 16.3. The lowest BCUT2D eigenvalue weighted by Crippen LogP contribution is -2.76. The molecule has 3 heterocycles. The Morgan fingerprint density at radius 3 is 2.37 bits per heavy atom. The fourth-order valence-corrected chi connectivity index (χ4v) is 6.40. The molecule has 2 N–H and O–H groups in total. The SMILES string of the molecule is CN1CC(=O)N2C(CN(Cc3cccc(N4CCCC4)c3)C(=O)[C@@H]2Cc2ccc(O)cc2)N1C(=O)NCc1ccccc1. The fraction of sp³-hybridized carbons (Fsp3) is 0.364. The van der Waals surface area contributed by atoms with Gasteiger partial charge in [-0.2, -0.15) is 0 Å². The van der Waals surface area contributed by atoms with Crippen LogP contribution in [0.25, 0.3) is 0 Å². The van der Waals surface area contributed by atoms with E-state index in [4.69, 9.17) is 0 Å². The predicted molar refractivity (Wildman–Crippen MR) is 163 cm³/mol. The number of hydrogen-bond donors (Lipinski definition) is 2. The van der Waals surface area contributed by atoms with Gasteiger partial charge in [0, 0.05) is 45.3 Å². The van der Waals surface area contributed by atoms with Gasteiger partial charge in [-0.05, 0) is 53.8 Å². The maximum atomic E-state index is 14.2. The molecule has 1 unspecified atom stereocenters. The number of benzene rings is 3. The average Bonchev–Trinajstić information content (AvgIpc) is 3.55. The van der Waals surface area contributed by atoms with Gasteiger partial charge >= 0.3 is 6.03 Å². The van der Waals surface area contributed by atoms with Crippen molar-refractivity contribution in [2.24, 2.45) is 0 Å². The van der Waals surface area contributed by atoms with Gasteiger partial charge in [0.25, 0.3) is 0 Å². The zero-order valence-corrected chi connectivity index (χ0v) is 24.4. The number of amides is 4. The van der Waals surface area contributed by atoms with Crippen LogP contribution in [0.4, 0.5) is 10.5 Å². The molecule has 0 aromatic heterocycles. The Bertz CT molecular complexity index is 1460. The van der Waals surface area contributed by atoms with Gasteiger partial charge in [0.2, 0.25) is 11.8 Å². The number of hydrazine groups is 1. The topological polar surface area (TPSA) is 99.7 Å². The zero-order valence-electron chi connectivity index (χ0n) is 24.4. The molecule has 3 saturated heterocycles. The highest BCUT2D eigenvalue weighted by Gasteiger charge is 2.50. The van der Waals surface area contributed by atoms with E-state index in [0.717, 1.165) is 35.5 Å². The Morgan fingerprint density at radius 1 is 0.907 bits per heavy atom.